The van der Waals surface area contributed by atoms with Gasteiger partial charge in [-0.15, -0.1) is 0 Å². The molecule has 1 atom stereocenters. The van der Waals surface area contributed by atoms with Crippen molar-refractivity contribution in [2.45, 2.75) is 49.7 Å². The summed E-state index contributed by atoms with van der Waals surface area (Å²) in [5, 5.41) is 3.39. The number of nitrogens with two attached hydrogens (primary N) is 1. The number of hydrogen-bond donors (Lipinski definition) is 2. The zero-order valence-electron chi connectivity index (χ0n) is 11.8. The lowest BCUT2D eigenvalue weighted by Gasteiger charge is -2.45. The van der Waals surface area contributed by atoms with Crippen molar-refractivity contribution in [2.24, 2.45) is 5.73 Å². The fourth-order valence-corrected chi connectivity index (χ4v) is 6.86. The maximum atomic E-state index is 6.19. The molecule has 5 heteroatoms. The number of rotatable bonds is 7. The summed E-state index contributed by atoms with van der Waals surface area (Å²) in [6.07, 6.45) is 5.26. The lowest BCUT2D eigenvalue weighted by molar-refractivity contribution is 0.0299. The van der Waals surface area contributed by atoms with Gasteiger partial charge in [0.25, 0.3) is 0 Å². The van der Waals surface area contributed by atoms with Gasteiger partial charge in [-0.25, -0.2) is 0 Å². The van der Waals surface area contributed by atoms with Crippen molar-refractivity contribution in [3.05, 3.63) is 0 Å². The molecule has 1 saturated heterocycles. The van der Waals surface area contributed by atoms with Crippen molar-refractivity contribution in [3.63, 3.8) is 0 Å². The van der Waals surface area contributed by atoms with E-state index in [1.807, 2.05) is 0 Å². The molecule has 3 nitrogen and oxygen atoms in total. The highest BCUT2D eigenvalue weighted by molar-refractivity contribution is 6.85. The summed E-state index contributed by atoms with van der Waals surface area (Å²) < 4.78 is 6.19. The zero-order chi connectivity index (χ0) is 12.8. The Morgan fingerprint density at radius 1 is 1.35 bits per heavy atom. The van der Waals surface area contributed by atoms with Gasteiger partial charge < -0.3 is 15.8 Å². The average Bonchev–Trinajstić information content (AvgIpc) is 2.29. The molecular formula is C12H30N2OSi2. The summed E-state index contributed by atoms with van der Waals surface area (Å²) in [5.41, 5.74) is 5.47. The van der Waals surface area contributed by atoms with Gasteiger partial charge in [-0.3, -0.25) is 0 Å². The first-order valence-corrected chi connectivity index (χ1v) is 11.3. The van der Waals surface area contributed by atoms with Crippen molar-refractivity contribution in [1.29, 1.82) is 0 Å². The fraction of sp³-hybridized carbons (Fsp3) is 1.00. The maximum Gasteiger partial charge on any atom is 0.0801 e. The van der Waals surface area contributed by atoms with Crippen LogP contribution >= 0.6 is 0 Å². The van der Waals surface area contributed by atoms with Crippen molar-refractivity contribution < 1.29 is 4.74 Å². The van der Waals surface area contributed by atoms with Crippen molar-refractivity contribution in [1.82, 2.24) is 5.32 Å². The average molecular weight is 275 g/mol. The summed E-state index contributed by atoms with van der Waals surface area (Å²) >= 11 is 0. The number of hydrogen-bond acceptors (Lipinski definition) is 3. The van der Waals surface area contributed by atoms with Crippen LogP contribution in [0, 0.1) is 0 Å². The summed E-state index contributed by atoms with van der Waals surface area (Å²) in [5.74, 6) is 0. The molecule has 1 aliphatic heterocycles. The normalized spacial score (nSPS) is 26.3. The van der Waals surface area contributed by atoms with Crippen LogP contribution in [0.3, 0.4) is 0 Å². The van der Waals surface area contributed by atoms with Gasteiger partial charge in [0.1, 0.15) is 0 Å². The standard InChI is InChI=1S/C12H30N2OSi2/c1-17(2,11-5-8-14-9-7-13)12(16)6-3-4-10-15-12/h14H,3-11,13H2,1-2,16H3. The van der Waals surface area contributed by atoms with Crippen LogP contribution < -0.4 is 11.1 Å². The van der Waals surface area contributed by atoms with Gasteiger partial charge in [0, 0.05) is 34.8 Å². The highest BCUT2D eigenvalue weighted by Gasteiger charge is 2.43. The van der Waals surface area contributed by atoms with E-state index >= 15 is 0 Å². The van der Waals surface area contributed by atoms with E-state index in [1.54, 1.807) is 0 Å². The Balaban J connectivity index is 2.33. The Morgan fingerprint density at radius 3 is 2.71 bits per heavy atom. The van der Waals surface area contributed by atoms with E-state index in [9.17, 15) is 0 Å². The first-order valence-electron chi connectivity index (χ1n) is 7.07. The molecular weight excluding hydrogens is 244 g/mol. The predicted molar refractivity (Wildman–Crippen MR) is 81.3 cm³/mol. The molecule has 1 aliphatic rings. The predicted octanol–water partition coefficient (Wildman–Crippen LogP) is 0.435. The Bertz CT molecular complexity index is 219. The van der Waals surface area contributed by atoms with E-state index in [0.29, 0.717) is 4.85 Å². The molecule has 17 heavy (non-hydrogen) atoms. The Morgan fingerprint density at radius 2 is 2.12 bits per heavy atom. The van der Waals surface area contributed by atoms with E-state index in [4.69, 9.17) is 10.5 Å². The van der Waals surface area contributed by atoms with Crippen LogP contribution in [0.1, 0.15) is 25.7 Å². The van der Waals surface area contributed by atoms with Gasteiger partial charge in [-0.2, -0.15) is 0 Å². The van der Waals surface area contributed by atoms with Gasteiger partial charge in [-0.1, -0.05) is 19.1 Å². The smallest absolute Gasteiger partial charge is 0.0801 e. The van der Waals surface area contributed by atoms with Crippen molar-refractivity contribution in [3.8, 4) is 0 Å². The van der Waals surface area contributed by atoms with Crippen LogP contribution in [0.15, 0.2) is 0 Å². The Labute approximate surface area is 110 Å². The van der Waals surface area contributed by atoms with Crippen LogP contribution in [-0.4, -0.2) is 49.4 Å². The first kappa shape index (κ1) is 15.4. The molecule has 0 radical (unpaired) electrons. The minimum Gasteiger partial charge on any atom is -0.383 e. The molecule has 0 aromatic rings. The SMILES string of the molecule is C[Si](C)(CCCNCCN)C1([SiH3])CCCCO1. The van der Waals surface area contributed by atoms with Crippen molar-refractivity contribution in [2.75, 3.05) is 26.2 Å². The van der Waals surface area contributed by atoms with Crippen LogP contribution in [0.25, 0.3) is 0 Å². The van der Waals surface area contributed by atoms with Crippen molar-refractivity contribution >= 4 is 18.3 Å². The molecule has 1 heterocycles. The quantitative estimate of drug-likeness (QED) is 0.523. The minimum atomic E-state index is -1.22. The van der Waals surface area contributed by atoms with E-state index in [2.05, 4.69) is 18.4 Å². The zero-order valence-corrected chi connectivity index (χ0v) is 14.8. The molecule has 0 aromatic heterocycles. The molecule has 0 bridgehead atoms. The summed E-state index contributed by atoms with van der Waals surface area (Å²) in [6, 6.07) is 1.38. The van der Waals surface area contributed by atoms with Crippen LogP contribution in [-0.2, 0) is 4.74 Å². The third-order valence-electron chi connectivity index (χ3n) is 4.38. The van der Waals surface area contributed by atoms with Gasteiger partial charge in [0.05, 0.1) is 8.07 Å². The molecule has 0 spiro atoms. The molecule has 1 rings (SSSR count). The fourth-order valence-electron chi connectivity index (χ4n) is 2.61. The molecule has 0 aromatic carbocycles. The second kappa shape index (κ2) is 7.04. The van der Waals surface area contributed by atoms with Gasteiger partial charge in [-0.05, 0) is 32.2 Å². The molecule has 0 amide bonds. The number of ether oxygens (including phenoxy) is 1. The van der Waals surface area contributed by atoms with Crippen LogP contribution in [0.2, 0.25) is 19.1 Å². The number of nitrogens with one attached hydrogen (secondary N) is 1. The van der Waals surface area contributed by atoms with E-state index < -0.39 is 8.07 Å². The Kier molecular flexibility index (Phi) is 6.36. The van der Waals surface area contributed by atoms with Crippen LogP contribution in [0.5, 0.6) is 0 Å². The second-order valence-electron chi connectivity index (χ2n) is 6.06. The van der Waals surface area contributed by atoms with E-state index in [1.165, 1.54) is 42.0 Å². The molecule has 1 unspecified atom stereocenters. The second-order valence-corrected chi connectivity index (χ2v) is 14.0. The summed E-state index contributed by atoms with van der Waals surface area (Å²) in [6.45, 7) is 8.86. The lowest BCUT2D eigenvalue weighted by atomic mass is 10.2. The monoisotopic (exact) mass is 274 g/mol. The topological polar surface area (TPSA) is 47.3 Å². The van der Waals surface area contributed by atoms with Crippen LogP contribution in [0.4, 0.5) is 0 Å². The highest BCUT2D eigenvalue weighted by atomic mass is 28.4. The first-order chi connectivity index (χ1) is 8.02. The third-order valence-corrected chi connectivity index (χ3v) is 14.1. The van der Waals surface area contributed by atoms with E-state index in [-0.39, 0.29) is 0 Å². The largest absolute Gasteiger partial charge is 0.383 e. The maximum absolute atomic E-state index is 6.19. The van der Waals surface area contributed by atoms with Gasteiger partial charge >= 0.3 is 0 Å². The molecule has 102 valence electrons. The third kappa shape index (κ3) is 4.48. The molecule has 1 fully saturated rings. The minimum absolute atomic E-state index is 0.346. The van der Waals surface area contributed by atoms with E-state index in [0.717, 1.165) is 26.2 Å². The molecule has 0 aliphatic carbocycles. The summed E-state index contributed by atoms with van der Waals surface area (Å²) in [4.78, 5) is 0.346. The lowest BCUT2D eigenvalue weighted by Crippen LogP contribution is -2.58. The summed E-state index contributed by atoms with van der Waals surface area (Å²) in [7, 11) is -0.0113. The van der Waals surface area contributed by atoms with Gasteiger partial charge in [0.2, 0.25) is 0 Å². The molecule has 0 saturated carbocycles. The van der Waals surface area contributed by atoms with Gasteiger partial charge in [0.15, 0.2) is 0 Å². The molecule has 3 N–H and O–H groups in total. The Hall–Kier alpha value is 0.314. The highest BCUT2D eigenvalue weighted by Crippen LogP contribution is 2.34.